The minimum Gasteiger partial charge on any atom is -0.379 e. The molecule has 1 heterocycles. The first-order valence-corrected chi connectivity index (χ1v) is 7.42. The maximum atomic E-state index is 12.0. The third-order valence-electron chi connectivity index (χ3n) is 4.00. The molecule has 5 nitrogen and oxygen atoms in total. The molecule has 0 aliphatic rings. The summed E-state index contributed by atoms with van der Waals surface area (Å²) in [5, 5.41) is 3.39. The molecule has 5 heteroatoms. The van der Waals surface area contributed by atoms with Gasteiger partial charge in [-0.1, -0.05) is 32.0 Å². The Kier molecular flexibility index (Phi) is 4.54. The highest BCUT2D eigenvalue weighted by molar-refractivity contribution is 5.58. The minimum atomic E-state index is -0.307. The maximum absolute atomic E-state index is 12.0. The molecule has 0 radical (unpaired) electrons. The van der Waals surface area contributed by atoms with E-state index in [9.17, 15) is 9.59 Å². The van der Waals surface area contributed by atoms with Crippen LogP contribution in [0.2, 0.25) is 0 Å². The normalized spacial score (nSPS) is 11.0. The van der Waals surface area contributed by atoms with Gasteiger partial charge in [0, 0.05) is 31.5 Å². The molecule has 118 valence electrons. The van der Waals surface area contributed by atoms with Gasteiger partial charge in [0.25, 0.3) is 5.56 Å². The van der Waals surface area contributed by atoms with Gasteiger partial charge in [-0.05, 0) is 24.0 Å². The Balaban J connectivity index is 2.36. The molecular weight excluding hydrogens is 278 g/mol. The van der Waals surface area contributed by atoms with Crippen LogP contribution < -0.4 is 16.6 Å². The van der Waals surface area contributed by atoms with Crippen LogP contribution in [-0.2, 0) is 20.6 Å². The first-order chi connectivity index (χ1) is 10.3. The Morgan fingerprint density at radius 3 is 2.45 bits per heavy atom. The molecule has 1 aromatic carbocycles. The number of nitrogens with one attached hydrogen (secondary N) is 1. The summed E-state index contributed by atoms with van der Waals surface area (Å²) in [7, 11) is 3.17. The Morgan fingerprint density at radius 2 is 1.82 bits per heavy atom. The summed E-state index contributed by atoms with van der Waals surface area (Å²) in [5.41, 5.74) is 3.54. The number of aromatic nitrogens is 2. The second kappa shape index (κ2) is 6.22. The molecule has 0 amide bonds. The molecule has 2 rings (SSSR count). The lowest BCUT2D eigenvalue weighted by Gasteiger charge is -2.18. The van der Waals surface area contributed by atoms with Crippen LogP contribution in [0.3, 0.4) is 0 Å². The summed E-state index contributed by atoms with van der Waals surface area (Å²) in [5.74, 6) is 0.398. The van der Waals surface area contributed by atoms with E-state index < -0.39 is 0 Å². The third-order valence-corrected chi connectivity index (χ3v) is 4.00. The van der Waals surface area contributed by atoms with Crippen LogP contribution in [0.25, 0.3) is 0 Å². The van der Waals surface area contributed by atoms with Gasteiger partial charge >= 0.3 is 5.69 Å². The largest absolute Gasteiger partial charge is 0.379 e. The van der Waals surface area contributed by atoms with Crippen LogP contribution in [0.5, 0.6) is 0 Å². The van der Waals surface area contributed by atoms with Crippen molar-refractivity contribution in [3.8, 4) is 0 Å². The highest BCUT2D eigenvalue weighted by Crippen LogP contribution is 2.27. The number of aryl methyl sites for hydroxylation is 1. The fourth-order valence-corrected chi connectivity index (χ4v) is 2.54. The summed E-state index contributed by atoms with van der Waals surface area (Å²) in [4.78, 5) is 23.7. The van der Waals surface area contributed by atoms with Crippen LogP contribution in [0.1, 0.15) is 36.6 Å². The van der Waals surface area contributed by atoms with E-state index in [2.05, 4.69) is 38.2 Å². The zero-order chi connectivity index (χ0) is 16.4. The summed E-state index contributed by atoms with van der Waals surface area (Å²) in [6.45, 7) is 6.78. The Labute approximate surface area is 130 Å². The Morgan fingerprint density at radius 1 is 1.14 bits per heavy atom. The van der Waals surface area contributed by atoms with Gasteiger partial charge in [0.05, 0.1) is 6.54 Å². The van der Waals surface area contributed by atoms with Gasteiger partial charge < -0.3 is 5.32 Å². The Hall–Kier alpha value is -2.30. The van der Waals surface area contributed by atoms with E-state index in [0.29, 0.717) is 18.2 Å². The third kappa shape index (κ3) is 2.98. The molecule has 0 fully saturated rings. The second-order valence-electron chi connectivity index (χ2n) is 5.92. The molecule has 0 unspecified atom stereocenters. The molecule has 0 atom stereocenters. The number of rotatable bonds is 4. The molecule has 0 aliphatic heterocycles. The summed E-state index contributed by atoms with van der Waals surface area (Å²) in [6.07, 6.45) is 0. The molecule has 0 bridgehead atoms. The van der Waals surface area contributed by atoms with Crippen LogP contribution in [0.4, 0.5) is 5.69 Å². The van der Waals surface area contributed by atoms with Crippen molar-refractivity contribution in [1.82, 2.24) is 9.13 Å². The van der Waals surface area contributed by atoms with Gasteiger partial charge in [-0.15, -0.1) is 0 Å². The standard InChI is InChI=1S/C17H23N3O2/c1-11(2)14-8-6-7-12(3)16(14)18-10-13-9-15(21)20(5)17(22)19(13)4/h6-9,11,18H,10H2,1-5H3. The summed E-state index contributed by atoms with van der Waals surface area (Å²) in [6, 6.07) is 7.70. The van der Waals surface area contributed by atoms with E-state index in [1.165, 1.54) is 23.2 Å². The molecule has 22 heavy (non-hydrogen) atoms. The predicted molar refractivity (Wildman–Crippen MR) is 89.5 cm³/mol. The van der Waals surface area contributed by atoms with E-state index in [1.807, 2.05) is 6.07 Å². The van der Waals surface area contributed by atoms with E-state index in [4.69, 9.17) is 0 Å². The van der Waals surface area contributed by atoms with E-state index in [1.54, 1.807) is 7.05 Å². The van der Waals surface area contributed by atoms with Gasteiger partial charge in [-0.2, -0.15) is 0 Å². The SMILES string of the molecule is Cc1cccc(C(C)C)c1NCc1cc(=O)n(C)c(=O)n1C. The van der Waals surface area contributed by atoms with Crippen molar-refractivity contribution in [1.29, 1.82) is 0 Å². The second-order valence-corrected chi connectivity index (χ2v) is 5.92. The molecular formula is C17H23N3O2. The van der Waals surface area contributed by atoms with Gasteiger partial charge in [-0.3, -0.25) is 13.9 Å². The molecule has 0 saturated heterocycles. The monoisotopic (exact) mass is 301 g/mol. The summed E-state index contributed by atoms with van der Waals surface area (Å²) < 4.78 is 2.61. The molecule has 2 aromatic rings. The maximum Gasteiger partial charge on any atom is 0.330 e. The minimum absolute atomic E-state index is 0.284. The van der Waals surface area contributed by atoms with Crippen molar-refractivity contribution in [3.63, 3.8) is 0 Å². The van der Waals surface area contributed by atoms with Gasteiger partial charge in [0.1, 0.15) is 0 Å². The molecule has 0 spiro atoms. The average molecular weight is 301 g/mol. The van der Waals surface area contributed by atoms with E-state index in [0.717, 1.165) is 15.8 Å². The first-order valence-electron chi connectivity index (χ1n) is 7.42. The smallest absolute Gasteiger partial charge is 0.330 e. The number of nitrogens with zero attached hydrogens (tertiary/aromatic N) is 2. The number of para-hydroxylation sites is 1. The Bertz CT molecular complexity index is 801. The fourth-order valence-electron chi connectivity index (χ4n) is 2.54. The number of anilines is 1. The van der Waals surface area contributed by atoms with Crippen LogP contribution in [0.15, 0.2) is 33.9 Å². The lowest BCUT2D eigenvalue weighted by Crippen LogP contribution is -2.38. The van der Waals surface area contributed by atoms with Crippen LogP contribution in [0, 0.1) is 6.92 Å². The zero-order valence-corrected chi connectivity index (χ0v) is 13.8. The highest BCUT2D eigenvalue weighted by atomic mass is 16.2. The first kappa shape index (κ1) is 16.1. The predicted octanol–water partition coefficient (Wildman–Crippen LogP) is 2.13. The van der Waals surface area contributed by atoms with E-state index in [-0.39, 0.29) is 11.2 Å². The van der Waals surface area contributed by atoms with Crippen molar-refractivity contribution in [3.05, 3.63) is 61.9 Å². The van der Waals surface area contributed by atoms with Crippen molar-refractivity contribution in [2.45, 2.75) is 33.2 Å². The quantitative estimate of drug-likeness (QED) is 0.941. The van der Waals surface area contributed by atoms with E-state index >= 15 is 0 Å². The van der Waals surface area contributed by atoms with Crippen molar-refractivity contribution in [2.24, 2.45) is 14.1 Å². The summed E-state index contributed by atoms with van der Waals surface area (Å²) >= 11 is 0. The number of hydrogen-bond acceptors (Lipinski definition) is 3. The molecule has 1 N–H and O–H groups in total. The van der Waals surface area contributed by atoms with Crippen LogP contribution in [-0.4, -0.2) is 9.13 Å². The van der Waals surface area contributed by atoms with Gasteiger partial charge in [-0.25, -0.2) is 4.79 Å². The fraction of sp³-hybridized carbons (Fsp3) is 0.412. The van der Waals surface area contributed by atoms with Crippen molar-refractivity contribution < 1.29 is 0 Å². The lowest BCUT2D eigenvalue weighted by molar-refractivity contribution is 0.655. The lowest BCUT2D eigenvalue weighted by atomic mass is 9.98. The average Bonchev–Trinajstić information content (AvgIpc) is 2.48. The van der Waals surface area contributed by atoms with Crippen LogP contribution >= 0.6 is 0 Å². The number of hydrogen-bond donors (Lipinski definition) is 1. The molecule has 0 aliphatic carbocycles. The van der Waals surface area contributed by atoms with Gasteiger partial charge in [0.15, 0.2) is 0 Å². The number of benzene rings is 1. The van der Waals surface area contributed by atoms with Crippen molar-refractivity contribution >= 4 is 5.69 Å². The zero-order valence-electron chi connectivity index (χ0n) is 13.8. The molecule has 0 saturated carbocycles. The molecule has 1 aromatic heterocycles. The topological polar surface area (TPSA) is 56.0 Å². The highest BCUT2D eigenvalue weighted by Gasteiger charge is 2.10. The van der Waals surface area contributed by atoms with Crippen molar-refractivity contribution in [2.75, 3.05) is 5.32 Å². The van der Waals surface area contributed by atoms with Gasteiger partial charge in [0.2, 0.25) is 0 Å².